The van der Waals surface area contributed by atoms with E-state index in [1.54, 1.807) is 0 Å². The molecule has 0 saturated heterocycles. The summed E-state index contributed by atoms with van der Waals surface area (Å²) in [7, 11) is 0. The third-order valence-corrected chi connectivity index (χ3v) is 2.44. The Labute approximate surface area is 98.6 Å². The van der Waals surface area contributed by atoms with Crippen molar-refractivity contribution in [2.24, 2.45) is 0 Å². The summed E-state index contributed by atoms with van der Waals surface area (Å²) >= 11 is 1.06. The molecule has 0 radical (unpaired) electrons. The summed E-state index contributed by atoms with van der Waals surface area (Å²) in [5, 5.41) is 21.6. The van der Waals surface area contributed by atoms with E-state index in [9.17, 15) is 5.11 Å². The lowest BCUT2D eigenvalue weighted by molar-refractivity contribution is 0.0891. The van der Waals surface area contributed by atoms with Crippen molar-refractivity contribution in [1.29, 1.82) is 0 Å². The van der Waals surface area contributed by atoms with Gasteiger partial charge in [-0.25, -0.2) is 0 Å². The van der Waals surface area contributed by atoms with Gasteiger partial charge in [0.05, 0.1) is 18.3 Å². The molecule has 0 amide bonds. The van der Waals surface area contributed by atoms with Crippen LogP contribution in [-0.4, -0.2) is 50.4 Å². The monoisotopic (exact) mass is 247 g/mol. The largest absolute Gasteiger partial charge is 0.473 e. The lowest BCUT2D eigenvalue weighted by Crippen LogP contribution is -2.47. The van der Waals surface area contributed by atoms with Crippen LogP contribution in [0.2, 0.25) is 0 Å². The first-order valence-corrected chi connectivity index (χ1v) is 5.71. The Hall–Kier alpha value is -0.760. The van der Waals surface area contributed by atoms with Gasteiger partial charge in [-0.3, -0.25) is 0 Å². The zero-order valence-electron chi connectivity index (χ0n) is 9.38. The standard InChI is InChI=1S/C9H17N3O3S/c1-9(2,6-13)10-3-7(14)5-15-8-4-11-16-12-8/h4,7,10,13-14H,3,5-6H2,1-2H3. The molecule has 0 spiro atoms. The number of hydrogen-bond acceptors (Lipinski definition) is 7. The highest BCUT2D eigenvalue weighted by Crippen LogP contribution is 2.05. The SMILES string of the molecule is CC(C)(CO)NCC(O)COc1cnsn1. The number of β-amino-alcohol motifs (C(OH)–C–C–N with tert-alkyl or cyclic N) is 1. The number of nitrogens with zero attached hydrogens (tertiary/aromatic N) is 2. The quantitative estimate of drug-likeness (QED) is 0.610. The Morgan fingerprint density at radius 3 is 2.94 bits per heavy atom. The third-order valence-electron chi connectivity index (χ3n) is 1.98. The number of aliphatic hydroxyl groups excluding tert-OH is 2. The highest BCUT2D eigenvalue weighted by atomic mass is 32.1. The second kappa shape index (κ2) is 6.09. The van der Waals surface area contributed by atoms with Gasteiger partial charge in [0, 0.05) is 12.1 Å². The van der Waals surface area contributed by atoms with Gasteiger partial charge in [-0.2, -0.15) is 4.37 Å². The number of ether oxygens (including phenoxy) is 1. The van der Waals surface area contributed by atoms with Crippen molar-refractivity contribution in [1.82, 2.24) is 14.1 Å². The van der Waals surface area contributed by atoms with Crippen LogP contribution in [0.1, 0.15) is 13.8 Å². The summed E-state index contributed by atoms with van der Waals surface area (Å²) < 4.78 is 12.8. The molecule has 0 aliphatic rings. The van der Waals surface area contributed by atoms with Gasteiger partial charge in [-0.05, 0) is 13.8 Å². The van der Waals surface area contributed by atoms with Gasteiger partial charge in [0.25, 0.3) is 0 Å². The molecule has 1 atom stereocenters. The molecule has 0 bridgehead atoms. The van der Waals surface area contributed by atoms with E-state index >= 15 is 0 Å². The lowest BCUT2D eigenvalue weighted by atomic mass is 10.1. The van der Waals surface area contributed by atoms with Crippen LogP contribution in [0.15, 0.2) is 6.20 Å². The predicted octanol–water partition coefficient (Wildman–Crippen LogP) is -0.362. The van der Waals surface area contributed by atoms with E-state index in [-0.39, 0.29) is 13.2 Å². The summed E-state index contributed by atoms with van der Waals surface area (Å²) in [6, 6.07) is 0. The fraction of sp³-hybridized carbons (Fsp3) is 0.778. The minimum absolute atomic E-state index is 0.0105. The maximum Gasteiger partial charge on any atom is 0.245 e. The van der Waals surface area contributed by atoms with Crippen LogP contribution in [0, 0.1) is 0 Å². The first-order chi connectivity index (χ1) is 7.53. The van der Waals surface area contributed by atoms with Gasteiger partial charge in [-0.15, -0.1) is 4.37 Å². The smallest absolute Gasteiger partial charge is 0.245 e. The van der Waals surface area contributed by atoms with Crippen LogP contribution in [0.25, 0.3) is 0 Å². The molecule has 1 heterocycles. The molecule has 16 heavy (non-hydrogen) atoms. The second-order valence-corrected chi connectivity index (χ2v) is 4.69. The molecule has 7 heteroatoms. The summed E-state index contributed by atoms with van der Waals surface area (Å²) in [6.07, 6.45) is 0.857. The maximum absolute atomic E-state index is 9.59. The Balaban J connectivity index is 2.18. The Bertz CT molecular complexity index is 292. The zero-order chi connectivity index (χ0) is 12.0. The van der Waals surface area contributed by atoms with Crippen LogP contribution in [0.4, 0.5) is 0 Å². The van der Waals surface area contributed by atoms with Crippen molar-refractivity contribution >= 4 is 11.7 Å². The van der Waals surface area contributed by atoms with E-state index in [2.05, 4.69) is 14.1 Å². The van der Waals surface area contributed by atoms with E-state index in [0.29, 0.717) is 12.4 Å². The van der Waals surface area contributed by atoms with E-state index in [1.165, 1.54) is 6.20 Å². The molecule has 1 rings (SSSR count). The highest BCUT2D eigenvalue weighted by Gasteiger charge is 2.17. The molecule has 3 N–H and O–H groups in total. The van der Waals surface area contributed by atoms with Gasteiger partial charge in [-0.1, -0.05) is 0 Å². The van der Waals surface area contributed by atoms with Crippen LogP contribution < -0.4 is 10.1 Å². The lowest BCUT2D eigenvalue weighted by Gasteiger charge is -2.25. The number of aliphatic hydroxyl groups is 2. The molecular weight excluding hydrogens is 230 g/mol. The van der Waals surface area contributed by atoms with E-state index in [4.69, 9.17) is 9.84 Å². The average Bonchev–Trinajstić information content (AvgIpc) is 2.76. The Morgan fingerprint density at radius 1 is 1.62 bits per heavy atom. The summed E-state index contributed by atoms with van der Waals surface area (Å²) in [5.74, 6) is 0.422. The van der Waals surface area contributed by atoms with E-state index in [1.807, 2.05) is 13.8 Å². The minimum atomic E-state index is -0.646. The minimum Gasteiger partial charge on any atom is -0.473 e. The third kappa shape index (κ3) is 4.84. The molecular formula is C9H17N3O3S. The first-order valence-electron chi connectivity index (χ1n) is 4.98. The number of aromatic nitrogens is 2. The van der Waals surface area contributed by atoms with E-state index in [0.717, 1.165) is 11.7 Å². The van der Waals surface area contributed by atoms with Crippen molar-refractivity contribution in [2.75, 3.05) is 19.8 Å². The molecule has 0 aromatic carbocycles. The molecule has 1 aromatic rings. The van der Waals surface area contributed by atoms with Crippen molar-refractivity contribution in [3.63, 3.8) is 0 Å². The fourth-order valence-corrected chi connectivity index (χ4v) is 1.27. The second-order valence-electron chi connectivity index (χ2n) is 4.13. The normalized spacial score (nSPS) is 13.8. The Morgan fingerprint density at radius 2 is 2.38 bits per heavy atom. The van der Waals surface area contributed by atoms with Gasteiger partial charge in [0.1, 0.15) is 18.9 Å². The van der Waals surface area contributed by atoms with Crippen LogP contribution in [-0.2, 0) is 0 Å². The predicted molar refractivity (Wildman–Crippen MR) is 60.6 cm³/mol. The van der Waals surface area contributed by atoms with Crippen molar-refractivity contribution in [3.8, 4) is 5.88 Å². The van der Waals surface area contributed by atoms with Gasteiger partial charge in [0.15, 0.2) is 0 Å². The van der Waals surface area contributed by atoms with Crippen molar-refractivity contribution < 1.29 is 14.9 Å². The van der Waals surface area contributed by atoms with Crippen LogP contribution >= 0.6 is 11.7 Å². The highest BCUT2D eigenvalue weighted by molar-refractivity contribution is 6.99. The topological polar surface area (TPSA) is 87.5 Å². The zero-order valence-corrected chi connectivity index (χ0v) is 10.2. The van der Waals surface area contributed by atoms with Gasteiger partial charge >= 0.3 is 0 Å². The first kappa shape index (κ1) is 13.3. The molecule has 6 nitrogen and oxygen atoms in total. The number of rotatable bonds is 7. The van der Waals surface area contributed by atoms with E-state index < -0.39 is 11.6 Å². The summed E-state index contributed by atoms with van der Waals surface area (Å²) in [5.41, 5.74) is -0.400. The number of nitrogens with one attached hydrogen (secondary N) is 1. The fourth-order valence-electron chi connectivity index (χ4n) is 0.910. The molecule has 1 aromatic heterocycles. The molecule has 0 aliphatic carbocycles. The average molecular weight is 247 g/mol. The summed E-state index contributed by atoms with van der Waals surface area (Å²) in [6.45, 7) is 4.22. The van der Waals surface area contributed by atoms with Crippen molar-refractivity contribution in [2.45, 2.75) is 25.5 Å². The van der Waals surface area contributed by atoms with Crippen molar-refractivity contribution in [3.05, 3.63) is 6.20 Å². The molecule has 0 saturated carbocycles. The molecule has 92 valence electrons. The molecule has 1 unspecified atom stereocenters. The maximum atomic E-state index is 9.59. The molecule has 0 fully saturated rings. The molecule has 0 aliphatic heterocycles. The summed E-state index contributed by atoms with van der Waals surface area (Å²) in [4.78, 5) is 0. The van der Waals surface area contributed by atoms with Gasteiger partial charge in [0.2, 0.25) is 5.88 Å². The van der Waals surface area contributed by atoms with Crippen LogP contribution in [0.3, 0.4) is 0 Å². The van der Waals surface area contributed by atoms with Crippen LogP contribution in [0.5, 0.6) is 5.88 Å². The Kier molecular flexibility index (Phi) is 5.07. The van der Waals surface area contributed by atoms with Gasteiger partial charge < -0.3 is 20.3 Å². The number of hydrogen-bond donors (Lipinski definition) is 3.